The van der Waals surface area contributed by atoms with Crippen molar-refractivity contribution in [3.05, 3.63) is 48.0 Å². The fraction of sp³-hybridized carbons (Fsp3) is 0.200. The monoisotopic (exact) mass is 252 g/mol. The summed E-state index contributed by atoms with van der Waals surface area (Å²) in [7, 11) is 3.04. The smallest absolute Gasteiger partial charge is 0.246 e. The van der Waals surface area contributed by atoms with Crippen molar-refractivity contribution < 1.29 is 4.43 Å². The molecule has 0 spiro atoms. The number of hydrogen-bond acceptors (Lipinski definition) is 1. The van der Waals surface area contributed by atoms with E-state index in [4.69, 9.17) is 4.43 Å². The van der Waals surface area contributed by atoms with Crippen LogP contribution < -0.4 is 0 Å². The Kier molecular flexibility index (Phi) is 3.17. The maximum absolute atomic E-state index is 4.93. The molecule has 0 unspecified atom stereocenters. The molecule has 0 fully saturated rings. The molecule has 2 aromatic carbocycles. The average molecular weight is 252 g/mol. The van der Waals surface area contributed by atoms with Crippen molar-refractivity contribution in [2.75, 3.05) is 6.61 Å². The molecule has 18 heavy (non-hydrogen) atoms. The first kappa shape index (κ1) is 11.5. The number of H-pyrrole nitrogens is 1. The zero-order valence-corrected chi connectivity index (χ0v) is 11.1. The van der Waals surface area contributed by atoms with Gasteiger partial charge < -0.3 is 9.41 Å². The predicted molar refractivity (Wildman–Crippen MR) is 75.8 cm³/mol. The number of hydrogen-bond donors (Lipinski definition) is 1. The fourth-order valence-corrected chi connectivity index (χ4v) is 2.62. The van der Waals surface area contributed by atoms with Crippen molar-refractivity contribution in [1.29, 1.82) is 0 Å². The topological polar surface area (TPSA) is 25.0 Å². The van der Waals surface area contributed by atoms with Gasteiger partial charge in [0.25, 0.3) is 0 Å². The molecule has 0 saturated carbocycles. The number of aryl methyl sites for hydroxylation is 1. The van der Waals surface area contributed by atoms with Gasteiger partial charge >= 0.3 is 0 Å². The second-order valence-electron chi connectivity index (χ2n) is 4.46. The highest BCUT2D eigenvalue weighted by Gasteiger charge is 2.06. The van der Waals surface area contributed by atoms with Gasteiger partial charge in [-0.25, -0.2) is 0 Å². The summed E-state index contributed by atoms with van der Waals surface area (Å²) in [5.74, 6) is 0. The molecule has 1 aromatic heterocycles. The van der Waals surface area contributed by atoms with Crippen molar-refractivity contribution >= 4 is 32.3 Å². The summed E-state index contributed by atoms with van der Waals surface area (Å²) in [6.45, 7) is 0.730. The summed E-state index contributed by atoms with van der Waals surface area (Å²) >= 11 is 0. The van der Waals surface area contributed by atoms with Crippen LogP contribution in [-0.2, 0) is 10.8 Å². The van der Waals surface area contributed by atoms with E-state index in [0.29, 0.717) is 0 Å². The van der Waals surface area contributed by atoms with E-state index in [1.165, 1.54) is 27.4 Å². The van der Waals surface area contributed by atoms with E-state index in [1.54, 1.807) is 0 Å². The maximum Gasteiger partial charge on any atom is 0.246 e. The quantitative estimate of drug-likeness (QED) is 0.559. The van der Waals surface area contributed by atoms with Crippen molar-refractivity contribution in [3.8, 4) is 0 Å². The molecule has 0 atom stereocenters. The van der Waals surface area contributed by atoms with Gasteiger partial charge in [-0.2, -0.15) is 0 Å². The van der Waals surface area contributed by atoms with Gasteiger partial charge in [0.05, 0.1) is 0 Å². The standard InChI is InChI=1S/C15H14NOSi/c18-17-10-4-6-11-5-3-8-13-12-7-1-2-9-14(12)16-15(11)13/h1-3,5,7-9,16H,4,6,10H2. The first-order valence-electron chi connectivity index (χ1n) is 6.17. The normalized spacial score (nSPS) is 11.4. The SMILES string of the molecule is [Si]OCCCc1cccc2c1[nH]c1ccccc12. The highest BCUT2D eigenvalue weighted by atomic mass is 28.2. The lowest BCUT2D eigenvalue weighted by Gasteiger charge is -2.02. The summed E-state index contributed by atoms with van der Waals surface area (Å²) in [6, 6.07) is 14.9. The molecular formula is C15H14NOSi. The van der Waals surface area contributed by atoms with Crippen LogP contribution in [0.4, 0.5) is 0 Å². The van der Waals surface area contributed by atoms with Crippen LogP contribution in [0.15, 0.2) is 42.5 Å². The lowest BCUT2D eigenvalue weighted by atomic mass is 10.1. The Morgan fingerprint density at radius 1 is 1.00 bits per heavy atom. The first-order chi connectivity index (χ1) is 8.90. The van der Waals surface area contributed by atoms with Crippen molar-refractivity contribution in [1.82, 2.24) is 4.98 Å². The van der Waals surface area contributed by atoms with E-state index in [0.717, 1.165) is 19.4 Å². The van der Waals surface area contributed by atoms with E-state index in [9.17, 15) is 0 Å². The first-order valence-corrected chi connectivity index (χ1v) is 6.58. The Morgan fingerprint density at radius 3 is 2.72 bits per heavy atom. The van der Waals surface area contributed by atoms with Crippen LogP contribution in [0.3, 0.4) is 0 Å². The molecule has 3 aromatic rings. The highest BCUT2D eigenvalue weighted by Crippen LogP contribution is 2.27. The molecule has 3 heteroatoms. The number of nitrogens with one attached hydrogen (secondary N) is 1. The van der Waals surface area contributed by atoms with Crippen molar-refractivity contribution in [2.45, 2.75) is 12.8 Å². The van der Waals surface area contributed by atoms with Crippen molar-refractivity contribution in [3.63, 3.8) is 0 Å². The summed E-state index contributed by atoms with van der Waals surface area (Å²) in [6.07, 6.45) is 2.03. The van der Waals surface area contributed by atoms with Crippen LogP contribution in [0.2, 0.25) is 0 Å². The summed E-state index contributed by atoms with van der Waals surface area (Å²) in [5, 5.41) is 2.60. The number of fused-ring (bicyclic) bond motifs is 3. The zero-order chi connectivity index (χ0) is 12.4. The molecule has 3 rings (SSSR count). The molecule has 0 saturated heterocycles. The van der Waals surface area contributed by atoms with E-state index in [2.05, 4.69) is 57.9 Å². The summed E-state index contributed by atoms with van der Waals surface area (Å²) < 4.78 is 4.93. The van der Waals surface area contributed by atoms with Crippen LogP contribution in [0.25, 0.3) is 21.8 Å². The van der Waals surface area contributed by atoms with Crippen LogP contribution in [0.5, 0.6) is 0 Å². The largest absolute Gasteiger partial charge is 0.419 e. The predicted octanol–water partition coefficient (Wildman–Crippen LogP) is 3.35. The third kappa shape index (κ3) is 1.96. The highest BCUT2D eigenvalue weighted by molar-refractivity contribution is 6.08. The Labute approximate surface area is 110 Å². The van der Waals surface area contributed by atoms with E-state index < -0.39 is 0 Å². The molecule has 0 aliphatic rings. The van der Waals surface area contributed by atoms with E-state index >= 15 is 0 Å². The zero-order valence-electron chi connectivity index (χ0n) is 10.1. The molecule has 89 valence electrons. The molecule has 0 amide bonds. The van der Waals surface area contributed by atoms with Crippen molar-refractivity contribution in [2.24, 2.45) is 0 Å². The van der Waals surface area contributed by atoms with E-state index in [-0.39, 0.29) is 0 Å². The van der Waals surface area contributed by atoms with Crippen LogP contribution in [0, 0.1) is 0 Å². The Bertz CT molecular complexity index is 674. The third-order valence-corrected chi connectivity index (χ3v) is 3.52. The minimum Gasteiger partial charge on any atom is -0.419 e. The second kappa shape index (κ2) is 4.96. The molecule has 1 N–H and O–H groups in total. The molecule has 2 nitrogen and oxygen atoms in total. The summed E-state index contributed by atoms with van der Waals surface area (Å²) in [4.78, 5) is 3.52. The van der Waals surface area contributed by atoms with Crippen LogP contribution in [0.1, 0.15) is 12.0 Å². The Balaban J connectivity index is 2.09. The minimum atomic E-state index is 0.730. The average Bonchev–Trinajstić information content (AvgIpc) is 2.79. The van der Waals surface area contributed by atoms with Gasteiger partial charge in [0, 0.05) is 28.4 Å². The van der Waals surface area contributed by atoms with Crippen LogP contribution in [-0.4, -0.2) is 22.1 Å². The molecule has 0 aliphatic heterocycles. The second-order valence-corrected chi connectivity index (χ2v) is 4.75. The number of rotatable bonds is 4. The number of para-hydroxylation sites is 2. The number of aromatic amines is 1. The van der Waals surface area contributed by atoms with Gasteiger partial charge in [-0.15, -0.1) is 0 Å². The maximum atomic E-state index is 4.93. The van der Waals surface area contributed by atoms with Crippen LogP contribution >= 0.6 is 0 Å². The fourth-order valence-electron chi connectivity index (χ4n) is 2.48. The summed E-state index contributed by atoms with van der Waals surface area (Å²) in [5.41, 5.74) is 3.82. The lowest BCUT2D eigenvalue weighted by Crippen LogP contribution is -1.94. The lowest BCUT2D eigenvalue weighted by molar-refractivity contribution is 0.341. The Hall–Kier alpha value is -1.58. The minimum absolute atomic E-state index is 0.730. The van der Waals surface area contributed by atoms with Gasteiger partial charge in [0.1, 0.15) is 0 Å². The molecule has 1 heterocycles. The van der Waals surface area contributed by atoms with Gasteiger partial charge in [0.15, 0.2) is 0 Å². The number of aromatic nitrogens is 1. The van der Waals surface area contributed by atoms with E-state index in [1.807, 2.05) is 0 Å². The third-order valence-electron chi connectivity index (χ3n) is 3.32. The molecule has 0 aliphatic carbocycles. The van der Waals surface area contributed by atoms with Gasteiger partial charge in [-0.1, -0.05) is 36.4 Å². The number of benzene rings is 2. The molecule has 0 bridgehead atoms. The van der Waals surface area contributed by atoms with Gasteiger partial charge in [0.2, 0.25) is 10.5 Å². The molecule has 3 radical (unpaired) electrons. The van der Waals surface area contributed by atoms with Gasteiger partial charge in [-0.05, 0) is 24.5 Å². The van der Waals surface area contributed by atoms with Gasteiger partial charge in [-0.3, -0.25) is 0 Å². The molecular weight excluding hydrogens is 238 g/mol. The Morgan fingerprint density at radius 2 is 1.83 bits per heavy atom.